The molecule has 19 heavy (non-hydrogen) atoms. The summed E-state index contributed by atoms with van der Waals surface area (Å²) in [6.07, 6.45) is 3.57. The monoisotopic (exact) mass is 283 g/mol. The molecule has 1 aliphatic carbocycles. The molecule has 0 aromatic carbocycles. The quantitative estimate of drug-likeness (QED) is 0.805. The minimum Gasteiger partial charge on any atom is -0.354 e. The Balaban J connectivity index is 1.98. The highest BCUT2D eigenvalue weighted by Crippen LogP contribution is 2.51. The summed E-state index contributed by atoms with van der Waals surface area (Å²) >= 11 is 5.91. The van der Waals surface area contributed by atoms with Crippen LogP contribution in [0.25, 0.3) is 0 Å². The van der Waals surface area contributed by atoms with Crippen molar-refractivity contribution in [2.45, 2.75) is 40.0 Å². The Kier molecular flexibility index (Phi) is 4.45. The van der Waals surface area contributed by atoms with Crippen molar-refractivity contribution in [3.8, 4) is 0 Å². The van der Waals surface area contributed by atoms with Gasteiger partial charge in [-0.25, -0.2) is 0 Å². The highest BCUT2D eigenvalue weighted by Gasteiger charge is 2.45. The van der Waals surface area contributed by atoms with E-state index in [1.807, 2.05) is 0 Å². The zero-order chi connectivity index (χ0) is 13.9. The molecular formula is C13H22ClN5. The van der Waals surface area contributed by atoms with Gasteiger partial charge in [-0.1, -0.05) is 20.8 Å². The van der Waals surface area contributed by atoms with Crippen LogP contribution in [0.15, 0.2) is 0 Å². The van der Waals surface area contributed by atoms with Crippen molar-refractivity contribution in [3.63, 3.8) is 0 Å². The maximum Gasteiger partial charge on any atom is 0.228 e. The molecule has 6 heteroatoms. The normalized spacial score (nSPS) is 16.5. The van der Waals surface area contributed by atoms with E-state index < -0.39 is 0 Å². The van der Waals surface area contributed by atoms with Crippen LogP contribution in [0.5, 0.6) is 0 Å². The van der Waals surface area contributed by atoms with Gasteiger partial charge < -0.3 is 10.6 Å². The van der Waals surface area contributed by atoms with Crippen molar-refractivity contribution >= 4 is 23.5 Å². The van der Waals surface area contributed by atoms with Gasteiger partial charge in [0.15, 0.2) is 0 Å². The summed E-state index contributed by atoms with van der Waals surface area (Å²) in [5, 5.41) is 6.65. The first kappa shape index (κ1) is 14.3. The molecule has 0 aliphatic heterocycles. The molecule has 5 nitrogen and oxygen atoms in total. The fraction of sp³-hybridized carbons (Fsp3) is 0.769. The molecule has 1 heterocycles. The average molecular weight is 284 g/mol. The van der Waals surface area contributed by atoms with E-state index in [4.69, 9.17) is 11.6 Å². The van der Waals surface area contributed by atoms with Crippen LogP contribution in [-0.2, 0) is 0 Å². The highest BCUT2D eigenvalue weighted by molar-refractivity contribution is 6.28. The third-order valence-electron chi connectivity index (χ3n) is 3.86. The number of hydrogen-bond acceptors (Lipinski definition) is 5. The molecule has 106 valence electrons. The van der Waals surface area contributed by atoms with Gasteiger partial charge >= 0.3 is 0 Å². The zero-order valence-electron chi connectivity index (χ0n) is 11.8. The number of nitrogens with zero attached hydrogens (tertiary/aromatic N) is 3. The molecule has 0 atom stereocenters. The Morgan fingerprint density at radius 2 is 1.79 bits per heavy atom. The van der Waals surface area contributed by atoms with Crippen LogP contribution in [0, 0.1) is 11.3 Å². The first-order valence-corrected chi connectivity index (χ1v) is 7.33. The Hall–Kier alpha value is -1.10. The second-order valence-electron chi connectivity index (χ2n) is 5.55. The van der Waals surface area contributed by atoms with E-state index in [1.165, 1.54) is 12.8 Å². The summed E-state index contributed by atoms with van der Waals surface area (Å²) in [6, 6.07) is 0. The first-order chi connectivity index (χ1) is 9.05. The Morgan fingerprint density at radius 3 is 2.32 bits per heavy atom. The summed E-state index contributed by atoms with van der Waals surface area (Å²) < 4.78 is 0. The molecule has 0 amide bonds. The maximum absolute atomic E-state index is 5.91. The minimum absolute atomic E-state index is 0.227. The van der Waals surface area contributed by atoms with Gasteiger partial charge in [0.2, 0.25) is 17.2 Å². The summed E-state index contributed by atoms with van der Waals surface area (Å²) in [5.74, 6) is 1.78. The smallest absolute Gasteiger partial charge is 0.228 e. The van der Waals surface area contributed by atoms with Gasteiger partial charge in [-0.2, -0.15) is 15.0 Å². The number of hydrogen-bond donors (Lipinski definition) is 2. The molecule has 0 spiro atoms. The topological polar surface area (TPSA) is 62.7 Å². The molecule has 0 bridgehead atoms. The third-order valence-corrected chi connectivity index (χ3v) is 4.03. The molecule has 1 aliphatic rings. The predicted molar refractivity (Wildman–Crippen MR) is 78.6 cm³/mol. The van der Waals surface area contributed by atoms with Crippen LogP contribution in [0.2, 0.25) is 5.28 Å². The molecule has 1 aromatic rings. The standard InChI is InChI=1S/C13H22ClN5/c1-4-7-15-11-17-10(14)18-12(19-11)16-8-13(5-6-13)9(2)3/h9H,4-8H2,1-3H3,(H2,15,16,17,18,19). The fourth-order valence-corrected chi connectivity index (χ4v) is 2.28. The van der Waals surface area contributed by atoms with Gasteiger partial charge in [0.1, 0.15) is 0 Å². The molecule has 1 aromatic heterocycles. The number of anilines is 2. The summed E-state index contributed by atoms with van der Waals surface area (Å²) in [6.45, 7) is 8.36. The lowest BCUT2D eigenvalue weighted by Crippen LogP contribution is -2.22. The molecule has 2 rings (SSSR count). The van der Waals surface area contributed by atoms with Gasteiger partial charge in [0.05, 0.1) is 0 Å². The third kappa shape index (κ3) is 3.69. The van der Waals surface area contributed by atoms with E-state index in [1.54, 1.807) is 0 Å². The van der Waals surface area contributed by atoms with E-state index in [0.717, 1.165) is 19.5 Å². The highest BCUT2D eigenvalue weighted by atomic mass is 35.5. The van der Waals surface area contributed by atoms with E-state index in [2.05, 4.69) is 46.4 Å². The molecule has 2 N–H and O–H groups in total. The van der Waals surface area contributed by atoms with Crippen molar-refractivity contribution in [2.75, 3.05) is 23.7 Å². The predicted octanol–water partition coefficient (Wildman–Crippen LogP) is 3.20. The molecule has 1 saturated carbocycles. The largest absolute Gasteiger partial charge is 0.354 e. The first-order valence-electron chi connectivity index (χ1n) is 6.95. The van der Waals surface area contributed by atoms with Crippen molar-refractivity contribution in [3.05, 3.63) is 5.28 Å². The van der Waals surface area contributed by atoms with Crippen LogP contribution in [-0.4, -0.2) is 28.0 Å². The summed E-state index contributed by atoms with van der Waals surface area (Å²) in [4.78, 5) is 12.5. The summed E-state index contributed by atoms with van der Waals surface area (Å²) in [5.41, 5.74) is 0.413. The Labute approximate surface area is 119 Å². The van der Waals surface area contributed by atoms with Crippen molar-refractivity contribution in [1.82, 2.24) is 15.0 Å². The molecule has 1 fully saturated rings. The van der Waals surface area contributed by atoms with Crippen LogP contribution in [0.1, 0.15) is 40.0 Å². The van der Waals surface area contributed by atoms with Crippen LogP contribution < -0.4 is 10.6 Å². The second kappa shape index (κ2) is 5.90. The van der Waals surface area contributed by atoms with E-state index in [9.17, 15) is 0 Å². The summed E-state index contributed by atoms with van der Waals surface area (Å²) in [7, 11) is 0. The molecule has 0 unspecified atom stereocenters. The molecular weight excluding hydrogens is 262 g/mol. The van der Waals surface area contributed by atoms with Crippen LogP contribution >= 0.6 is 11.6 Å². The van der Waals surface area contributed by atoms with Gasteiger partial charge in [-0.3, -0.25) is 0 Å². The lowest BCUT2D eigenvalue weighted by atomic mass is 9.92. The lowest BCUT2D eigenvalue weighted by Gasteiger charge is -2.20. The zero-order valence-corrected chi connectivity index (χ0v) is 12.6. The Bertz CT molecular complexity index is 431. The fourth-order valence-electron chi connectivity index (χ4n) is 2.12. The van der Waals surface area contributed by atoms with Gasteiger partial charge in [0.25, 0.3) is 0 Å². The Morgan fingerprint density at radius 1 is 1.16 bits per heavy atom. The molecule has 0 radical (unpaired) electrons. The second-order valence-corrected chi connectivity index (χ2v) is 5.89. The van der Waals surface area contributed by atoms with Crippen molar-refractivity contribution < 1.29 is 0 Å². The average Bonchev–Trinajstić information content (AvgIpc) is 3.14. The number of halogens is 1. The van der Waals surface area contributed by atoms with Gasteiger partial charge in [0, 0.05) is 13.1 Å². The number of rotatable bonds is 7. The van der Waals surface area contributed by atoms with Gasteiger partial charge in [-0.15, -0.1) is 0 Å². The number of aromatic nitrogens is 3. The van der Waals surface area contributed by atoms with Crippen molar-refractivity contribution in [2.24, 2.45) is 11.3 Å². The lowest BCUT2D eigenvalue weighted by molar-refractivity contribution is 0.379. The SMILES string of the molecule is CCCNc1nc(Cl)nc(NCC2(C(C)C)CC2)n1. The van der Waals surface area contributed by atoms with Crippen molar-refractivity contribution in [1.29, 1.82) is 0 Å². The van der Waals surface area contributed by atoms with Crippen LogP contribution in [0.3, 0.4) is 0 Å². The molecule has 0 saturated heterocycles. The minimum atomic E-state index is 0.227. The van der Waals surface area contributed by atoms with Gasteiger partial charge in [-0.05, 0) is 42.2 Å². The van der Waals surface area contributed by atoms with E-state index >= 15 is 0 Å². The van der Waals surface area contributed by atoms with E-state index in [-0.39, 0.29) is 5.28 Å². The maximum atomic E-state index is 5.91. The van der Waals surface area contributed by atoms with E-state index in [0.29, 0.717) is 23.2 Å². The number of nitrogens with one attached hydrogen (secondary N) is 2. The van der Waals surface area contributed by atoms with Crippen LogP contribution in [0.4, 0.5) is 11.9 Å².